The number of rotatable bonds is 11. The molecule has 0 unspecified atom stereocenters. The van der Waals surface area contributed by atoms with Crippen molar-refractivity contribution in [2.45, 2.75) is 13.8 Å². The van der Waals surface area contributed by atoms with Gasteiger partial charge >= 0.3 is 83.0 Å². The van der Waals surface area contributed by atoms with Crippen molar-refractivity contribution in [3.05, 3.63) is 0 Å². The van der Waals surface area contributed by atoms with Crippen molar-refractivity contribution < 1.29 is 119 Å². The van der Waals surface area contributed by atoms with Gasteiger partial charge in [0.2, 0.25) is 0 Å². The van der Waals surface area contributed by atoms with Crippen molar-refractivity contribution in [3.63, 3.8) is 0 Å². The van der Waals surface area contributed by atoms with Gasteiger partial charge in [0.05, 0.1) is 26.2 Å². The van der Waals surface area contributed by atoms with Gasteiger partial charge in [-0.3, -0.25) is 29.0 Å². The van der Waals surface area contributed by atoms with Crippen LogP contribution in [0.1, 0.15) is 13.8 Å². The maximum Gasteiger partial charge on any atom is 1.00 e. The molecular weight excluding hydrogens is 434 g/mol. The normalized spacial score (nSPS) is 8.80. The Morgan fingerprint density at radius 3 is 0.800 bits per heavy atom. The average Bonchev–Trinajstić information content (AvgIpc) is 2.40. The van der Waals surface area contributed by atoms with Gasteiger partial charge in [-0.1, -0.05) is 0 Å². The first-order chi connectivity index (χ1) is 12.7. The fraction of sp³-hybridized carbons (Fsp3) is 0.571. The summed E-state index contributed by atoms with van der Waals surface area (Å²) in [7, 11) is 0. The summed E-state index contributed by atoms with van der Waals surface area (Å²) in [6, 6.07) is 0. The molecule has 30 heavy (non-hydrogen) atoms. The molecule has 162 valence electrons. The molecule has 0 atom stereocenters. The Morgan fingerprint density at radius 1 is 0.567 bits per heavy atom. The Kier molecular flexibility index (Phi) is 31.4. The molecule has 0 spiro atoms. The van der Waals surface area contributed by atoms with Crippen molar-refractivity contribution in [2.75, 3.05) is 39.3 Å². The molecule has 0 radical (unpaired) electrons. The van der Waals surface area contributed by atoms with Crippen molar-refractivity contribution in [1.29, 1.82) is 0 Å². The second kappa shape index (κ2) is 24.0. The Hall–Kier alpha value is -1.26. The number of carboxylic acid groups (broad SMARTS) is 6. The Balaban J connectivity index is -0.000000178. The van der Waals surface area contributed by atoms with Crippen LogP contribution in [0.2, 0.25) is 0 Å². The van der Waals surface area contributed by atoms with Gasteiger partial charge in [0.25, 0.3) is 0 Å². The van der Waals surface area contributed by atoms with Crippen LogP contribution in [0.25, 0.3) is 0 Å². The Labute approximate surface area is 216 Å². The first-order valence-electron chi connectivity index (χ1n) is 7.34. The van der Waals surface area contributed by atoms with Gasteiger partial charge in [-0.25, -0.2) is 0 Å². The number of hydrogen-bond acceptors (Lipinski definition) is 10. The molecule has 0 aliphatic rings. The van der Waals surface area contributed by atoms with Crippen molar-refractivity contribution in [1.82, 2.24) is 9.80 Å². The predicted molar refractivity (Wildman–Crippen MR) is 84.8 cm³/mol. The zero-order chi connectivity index (χ0) is 22.9. The van der Waals surface area contributed by atoms with Crippen LogP contribution in [-0.4, -0.2) is 105 Å². The van der Waals surface area contributed by atoms with E-state index in [2.05, 4.69) is 0 Å². The van der Waals surface area contributed by atoms with Crippen LogP contribution in [0.5, 0.6) is 0 Å². The zero-order valence-electron chi connectivity index (χ0n) is 17.2. The van der Waals surface area contributed by atoms with Crippen LogP contribution in [0, 0.1) is 0 Å². The maximum absolute atomic E-state index is 10.6. The molecule has 0 rings (SSSR count). The number of carbonyl (C=O) groups excluding carboxylic acids is 2. The number of nitrogens with zero attached hydrogens (tertiary/aromatic N) is 2. The third kappa shape index (κ3) is 45.5. The number of aliphatic carboxylic acids is 6. The summed E-state index contributed by atoms with van der Waals surface area (Å²) in [6.45, 7) is -0.306. The topological polar surface area (TPSA) is 236 Å². The smallest absolute Gasteiger partial charge is 0.550 e. The zero-order valence-corrected chi connectivity index (χ0v) is 21.2. The third-order valence-electron chi connectivity index (χ3n) is 2.17. The van der Waals surface area contributed by atoms with E-state index in [1.54, 1.807) is 0 Å². The van der Waals surface area contributed by atoms with E-state index in [0.29, 0.717) is 0 Å². The molecule has 0 aromatic rings. The molecular formula is C14H22N2Na2O12. The molecule has 16 heteroatoms. The van der Waals surface area contributed by atoms with Gasteiger partial charge in [0, 0.05) is 25.0 Å². The van der Waals surface area contributed by atoms with E-state index in [4.69, 9.17) is 40.2 Å². The SMILES string of the molecule is CC(=O)[O-].CC(=O)[O-].O=C(O)CN(CCN(CC(=O)O)CC(=O)O)CC(=O)O.[Na+].[Na+]. The van der Waals surface area contributed by atoms with Crippen molar-refractivity contribution in [2.24, 2.45) is 0 Å². The van der Waals surface area contributed by atoms with Crippen LogP contribution in [-0.2, 0) is 28.8 Å². The fourth-order valence-corrected chi connectivity index (χ4v) is 1.48. The van der Waals surface area contributed by atoms with Gasteiger partial charge < -0.3 is 40.2 Å². The standard InChI is InChI=1S/C10H16N2O8.2C2H4O2.2Na/c13-7(14)3-11(4-8(15)16)1-2-12(5-9(17)18)6-10(19)20;2*1-2(3)4;;/h1-6H2,(H,13,14)(H,15,16)(H,17,18)(H,19,20);2*1H3,(H,3,4);;/q;;;2*+1/p-2. The number of hydrogen-bond donors (Lipinski definition) is 4. The first kappa shape index (κ1) is 39.2. The molecule has 0 heterocycles. The summed E-state index contributed by atoms with van der Waals surface area (Å²) < 4.78 is 0. The van der Waals surface area contributed by atoms with Crippen LogP contribution in [0.3, 0.4) is 0 Å². The molecule has 4 N–H and O–H groups in total. The summed E-state index contributed by atoms with van der Waals surface area (Å²) >= 11 is 0. The minimum atomic E-state index is -1.23. The monoisotopic (exact) mass is 456 g/mol. The largest absolute Gasteiger partial charge is 1.00 e. The Morgan fingerprint density at radius 2 is 0.700 bits per heavy atom. The predicted octanol–water partition coefficient (Wildman–Crippen LogP) is -10.6. The van der Waals surface area contributed by atoms with Crippen molar-refractivity contribution in [3.8, 4) is 0 Å². The second-order valence-electron chi connectivity index (χ2n) is 4.98. The summed E-state index contributed by atoms with van der Waals surface area (Å²) in [4.78, 5) is 62.1. The van der Waals surface area contributed by atoms with E-state index in [1.807, 2.05) is 0 Å². The summed E-state index contributed by atoms with van der Waals surface area (Å²) in [6.07, 6.45) is 0. The third-order valence-corrected chi connectivity index (χ3v) is 2.17. The summed E-state index contributed by atoms with van der Waals surface area (Å²) in [5.41, 5.74) is 0. The van der Waals surface area contributed by atoms with Crippen LogP contribution >= 0.6 is 0 Å². The van der Waals surface area contributed by atoms with Gasteiger partial charge in [-0.15, -0.1) is 0 Å². The van der Waals surface area contributed by atoms with Crippen LogP contribution in [0.15, 0.2) is 0 Å². The molecule has 0 fully saturated rings. The minimum absolute atomic E-state index is 0. The quantitative estimate of drug-likeness (QED) is 0.211. The van der Waals surface area contributed by atoms with E-state index in [-0.39, 0.29) is 72.2 Å². The number of carboxylic acids is 6. The van der Waals surface area contributed by atoms with E-state index < -0.39 is 62.0 Å². The molecule has 0 bridgehead atoms. The van der Waals surface area contributed by atoms with E-state index in [0.717, 1.165) is 23.6 Å². The fourth-order valence-electron chi connectivity index (χ4n) is 1.48. The van der Waals surface area contributed by atoms with E-state index in [1.165, 1.54) is 0 Å². The Bertz CT molecular complexity index is 471. The molecule has 0 aliphatic carbocycles. The first-order valence-corrected chi connectivity index (χ1v) is 7.34. The van der Waals surface area contributed by atoms with E-state index >= 15 is 0 Å². The molecule has 0 amide bonds. The average molecular weight is 456 g/mol. The molecule has 0 aromatic carbocycles. The maximum atomic E-state index is 10.6. The molecule has 0 aromatic heterocycles. The number of carbonyl (C=O) groups is 6. The molecule has 14 nitrogen and oxygen atoms in total. The van der Waals surface area contributed by atoms with Gasteiger partial charge in [0.15, 0.2) is 0 Å². The minimum Gasteiger partial charge on any atom is -0.550 e. The van der Waals surface area contributed by atoms with Gasteiger partial charge in [-0.05, 0) is 13.8 Å². The van der Waals surface area contributed by atoms with Gasteiger partial charge in [0.1, 0.15) is 0 Å². The summed E-state index contributed by atoms with van der Waals surface area (Å²) in [5.74, 6) is -7.08. The second-order valence-corrected chi connectivity index (χ2v) is 4.98. The molecule has 0 aliphatic heterocycles. The molecule has 0 saturated carbocycles. The molecule has 0 saturated heterocycles. The van der Waals surface area contributed by atoms with Crippen LogP contribution in [0.4, 0.5) is 0 Å². The summed E-state index contributed by atoms with van der Waals surface area (Å²) in [5, 5.41) is 52.2. The van der Waals surface area contributed by atoms with Crippen molar-refractivity contribution >= 4 is 35.8 Å². The van der Waals surface area contributed by atoms with E-state index in [9.17, 15) is 19.2 Å². The van der Waals surface area contributed by atoms with Gasteiger partial charge in [-0.2, -0.15) is 0 Å². The van der Waals surface area contributed by atoms with Crippen LogP contribution < -0.4 is 69.3 Å².